The number of H-pyrrole nitrogens is 1. The van der Waals surface area contributed by atoms with Crippen LogP contribution < -0.4 is 4.74 Å². The van der Waals surface area contributed by atoms with Crippen molar-refractivity contribution >= 4 is 17.5 Å². The predicted molar refractivity (Wildman–Crippen MR) is 136 cm³/mol. The monoisotopic (exact) mass is 497 g/mol. The Morgan fingerprint density at radius 1 is 1.17 bits per heavy atom. The standard InChI is InChI=1S/C27H32ClN3O4/c1-4-5-13-35-20-9-6-8-18(15-20)26-23-24(21-16-19(28)10-11-22(21)32)29-30-25(23)27(33)31(26)12-7-14-34-17(2)3/h6,8-11,15-17,26,32H,4-5,7,12-14H2,1-3H3,(H,29,30). The molecule has 0 spiro atoms. The number of fused-ring (bicyclic) bond motifs is 1. The molecule has 0 aliphatic carbocycles. The van der Waals surface area contributed by atoms with Crippen molar-refractivity contribution in [3.63, 3.8) is 0 Å². The average Bonchev–Trinajstić information content (AvgIpc) is 3.37. The lowest BCUT2D eigenvalue weighted by molar-refractivity contribution is 0.0601. The minimum Gasteiger partial charge on any atom is -0.507 e. The number of ether oxygens (including phenoxy) is 2. The largest absolute Gasteiger partial charge is 0.507 e. The molecule has 1 aromatic heterocycles. The van der Waals surface area contributed by atoms with Gasteiger partial charge in [-0.1, -0.05) is 37.1 Å². The molecule has 0 saturated heterocycles. The van der Waals surface area contributed by atoms with Gasteiger partial charge in [-0.2, -0.15) is 5.10 Å². The number of aromatic hydroxyl groups is 1. The third-order valence-electron chi connectivity index (χ3n) is 6.01. The highest BCUT2D eigenvalue weighted by Crippen LogP contribution is 2.45. The molecule has 2 N–H and O–H groups in total. The van der Waals surface area contributed by atoms with Crippen LogP contribution in [0.1, 0.15) is 67.7 Å². The summed E-state index contributed by atoms with van der Waals surface area (Å²) in [6.45, 7) is 7.82. The zero-order valence-corrected chi connectivity index (χ0v) is 21.1. The first-order valence-electron chi connectivity index (χ1n) is 12.1. The van der Waals surface area contributed by atoms with Crippen LogP contribution in [0.2, 0.25) is 5.02 Å². The molecule has 1 aliphatic rings. The van der Waals surface area contributed by atoms with E-state index in [0.717, 1.165) is 29.7 Å². The predicted octanol–water partition coefficient (Wildman–Crippen LogP) is 5.97. The van der Waals surface area contributed by atoms with Crippen LogP contribution in [-0.2, 0) is 4.74 Å². The van der Waals surface area contributed by atoms with Crippen LogP contribution in [0.4, 0.5) is 0 Å². The van der Waals surface area contributed by atoms with E-state index in [-0.39, 0.29) is 17.8 Å². The molecule has 4 rings (SSSR count). The Labute approximate surface area is 211 Å². The first kappa shape index (κ1) is 25.1. The number of nitrogens with zero attached hydrogens (tertiary/aromatic N) is 2. The topological polar surface area (TPSA) is 87.7 Å². The Balaban J connectivity index is 1.74. The first-order valence-corrected chi connectivity index (χ1v) is 12.5. The zero-order chi connectivity index (χ0) is 24.9. The quantitative estimate of drug-likeness (QED) is 0.318. The summed E-state index contributed by atoms with van der Waals surface area (Å²) in [5.41, 5.74) is 3.05. The van der Waals surface area contributed by atoms with Gasteiger partial charge in [0.05, 0.1) is 18.8 Å². The second-order valence-electron chi connectivity index (χ2n) is 8.97. The Kier molecular flexibility index (Phi) is 7.98. The van der Waals surface area contributed by atoms with Crippen LogP contribution in [0.15, 0.2) is 42.5 Å². The number of phenols is 1. The van der Waals surface area contributed by atoms with Crippen LogP contribution >= 0.6 is 11.6 Å². The van der Waals surface area contributed by atoms with Crippen molar-refractivity contribution in [3.8, 4) is 22.8 Å². The Bertz CT molecular complexity index is 1180. The number of aromatic nitrogens is 2. The number of halogens is 1. The van der Waals surface area contributed by atoms with Crippen molar-refractivity contribution < 1.29 is 19.4 Å². The third-order valence-corrected chi connectivity index (χ3v) is 6.25. The van der Waals surface area contributed by atoms with Crippen molar-refractivity contribution in [1.29, 1.82) is 0 Å². The molecule has 1 amide bonds. The number of phenolic OH excluding ortho intramolecular Hbond substituents is 1. The van der Waals surface area contributed by atoms with Gasteiger partial charge in [0.1, 0.15) is 22.9 Å². The van der Waals surface area contributed by atoms with Crippen molar-refractivity contribution in [2.24, 2.45) is 0 Å². The van der Waals surface area contributed by atoms with Crippen LogP contribution in [0.25, 0.3) is 11.3 Å². The Hall–Kier alpha value is -3.03. The van der Waals surface area contributed by atoms with Crippen LogP contribution in [0.5, 0.6) is 11.5 Å². The summed E-state index contributed by atoms with van der Waals surface area (Å²) >= 11 is 6.23. The number of carbonyl (C=O) groups excluding carboxylic acids is 1. The molecule has 8 heteroatoms. The fourth-order valence-electron chi connectivity index (χ4n) is 4.34. The van der Waals surface area contributed by atoms with E-state index in [2.05, 4.69) is 17.1 Å². The van der Waals surface area contributed by atoms with E-state index in [9.17, 15) is 9.90 Å². The molecule has 1 unspecified atom stereocenters. The van der Waals surface area contributed by atoms with Gasteiger partial charge in [-0.15, -0.1) is 0 Å². The highest BCUT2D eigenvalue weighted by Gasteiger charge is 2.42. The smallest absolute Gasteiger partial charge is 0.273 e. The Morgan fingerprint density at radius 3 is 2.77 bits per heavy atom. The number of hydrogen-bond acceptors (Lipinski definition) is 5. The molecule has 2 aromatic carbocycles. The van der Waals surface area contributed by atoms with Crippen molar-refractivity contribution in [1.82, 2.24) is 15.1 Å². The minimum atomic E-state index is -0.390. The zero-order valence-electron chi connectivity index (χ0n) is 20.4. The molecule has 0 radical (unpaired) electrons. The van der Waals surface area contributed by atoms with Crippen molar-refractivity contribution in [2.45, 2.75) is 52.2 Å². The van der Waals surface area contributed by atoms with Gasteiger partial charge in [0.25, 0.3) is 5.91 Å². The van der Waals surface area contributed by atoms with Gasteiger partial charge < -0.3 is 19.5 Å². The van der Waals surface area contributed by atoms with Crippen LogP contribution in [-0.4, -0.2) is 52.0 Å². The first-order chi connectivity index (χ1) is 16.9. The lowest BCUT2D eigenvalue weighted by atomic mass is 9.95. The SMILES string of the molecule is CCCCOc1cccc(C2c3c(-c4cc(Cl)ccc4O)n[nH]c3C(=O)N2CCCOC(C)C)c1. The number of carbonyl (C=O) groups is 1. The van der Waals surface area contributed by atoms with E-state index in [1.54, 1.807) is 12.1 Å². The maximum Gasteiger partial charge on any atom is 0.273 e. The van der Waals surface area contributed by atoms with Gasteiger partial charge in [-0.3, -0.25) is 9.89 Å². The van der Waals surface area contributed by atoms with Gasteiger partial charge in [0, 0.05) is 29.3 Å². The number of rotatable bonds is 11. The average molecular weight is 498 g/mol. The van der Waals surface area contributed by atoms with Crippen molar-refractivity contribution in [3.05, 3.63) is 64.3 Å². The van der Waals surface area contributed by atoms with E-state index < -0.39 is 6.04 Å². The van der Waals surface area contributed by atoms with E-state index in [0.29, 0.717) is 48.2 Å². The van der Waals surface area contributed by atoms with Gasteiger partial charge in [0.15, 0.2) is 0 Å². The second kappa shape index (κ2) is 11.1. The van der Waals surface area contributed by atoms with E-state index >= 15 is 0 Å². The molecule has 3 aromatic rings. The van der Waals surface area contributed by atoms with E-state index in [1.165, 1.54) is 6.07 Å². The Morgan fingerprint density at radius 2 is 2.00 bits per heavy atom. The van der Waals surface area contributed by atoms with Crippen LogP contribution in [0, 0.1) is 0 Å². The molecule has 186 valence electrons. The molecule has 35 heavy (non-hydrogen) atoms. The van der Waals surface area contributed by atoms with E-state index in [4.69, 9.17) is 21.1 Å². The number of amides is 1. The molecule has 1 atom stereocenters. The minimum absolute atomic E-state index is 0.0512. The van der Waals surface area contributed by atoms with E-state index in [1.807, 2.05) is 43.0 Å². The molecule has 0 bridgehead atoms. The fourth-order valence-corrected chi connectivity index (χ4v) is 4.51. The number of hydrogen-bond donors (Lipinski definition) is 2. The lowest BCUT2D eigenvalue weighted by Gasteiger charge is -2.27. The summed E-state index contributed by atoms with van der Waals surface area (Å²) in [6.07, 6.45) is 2.85. The summed E-state index contributed by atoms with van der Waals surface area (Å²) in [4.78, 5) is 15.3. The molecule has 0 saturated carbocycles. The molecular formula is C27H32ClN3O4. The lowest BCUT2D eigenvalue weighted by Crippen LogP contribution is -2.31. The van der Waals surface area contributed by atoms with Gasteiger partial charge >= 0.3 is 0 Å². The highest BCUT2D eigenvalue weighted by atomic mass is 35.5. The summed E-state index contributed by atoms with van der Waals surface area (Å²) < 4.78 is 11.7. The highest BCUT2D eigenvalue weighted by molar-refractivity contribution is 6.31. The van der Waals surface area contributed by atoms with Gasteiger partial charge in [-0.05, 0) is 62.6 Å². The van der Waals surface area contributed by atoms with Gasteiger partial charge in [0.2, 0.25) is 0 Å². The summed E-state index contributed by atoms with van der Waals surface area (Å²) in [7, 11) is 0. The van der Waals surface area contributed by atoms with Crippen LogP contribution in [0.3, 0.4) is 0 Å². The maximum absolute atomic E-state index is 13.5. The normalized spacial score (nSPS) is 15.2. The number of aromatic amines is 1. The van der Waals surface area contributed by atoms with Crippen molar-refractivity contribution in [2.75, 3.05) is 19.8 Å². The number of nitrogens with one attached hydrogen (secondary N) is 1. The summed E-state index contributed by atoms with van der Waals surface area (Å²) in [5.74, 6) is 0.679. The molecule has 0 fully saturated rings. The summed E-state index contributed by atoms with van der Waals surface area (Å²) in [6, 6.07) is 12.3. The third kappa shape index (κ3) is 5.46. The molecule has 7 nitrogen and oxygen atoms in total. The molecule has 1 aliphatic heterocycles. The second-order valence-corrected chi connectivity index (χ2v) is 9.41. The number of benzene rings is 2. The maximum atomic E-state index is 13.5. The molecule has 2 heterocycles. The summed E-state index contributed by atoms with van der Waals surface area (Å²) in [5, 5.41) is 18.4. The number of unbranched alkanes of at least 4 members (excludes halogenated alkanes) is 1. The fraction of sp³-hybridized carbons (Fsp3) is 0.407. The van der Waals surface area contributed by atoms with Gasteiger partial charge in [-0.25, -0.2) is 0 Å². The molecular weight excluding hydrogens is 466 g/mol.